The van der Waals surface area contributed by atoms with Crippen molar-refractivity contribution in [1.82, 2.24) is 0 Å². The number of thiophene rings is 1. The number of carboxylic acids is 1. The van der Waals surface area contributed by atoms with E-state index >= 15 is 0 Å². The highest BCUT2D eigenvalue weighted by atomic mass is 35.5. The minimum absolute atomic E-state index is 0.0723. The lowest BCUT2D eigenvalue weighted by atomic mass is 10.2. The first kappa shape index (κ1) is 11.5. The molecule has 0 amide bonds. The van der Waals surface area contributed by atoms with Crippen LogP contribution in [0, 0.1) is 0 Å². The van der Waals surface area contributed by atoms with Crippen LogP contribution in [-0.2, 0) is 0 Å². The van der Waals surface area contributed by atoms with E-state index in [-0.39, 0.29) is 9.90 Å². The fourth-order valence-electron chi connectivity index (χ4n) is 1.41. The van der Waals surface area contributed by atoms with Gasteiger partial charge in [0.15, 0.2) is 0 Å². The molecule has 6 heteroatoms. The number of aromatic carboxylic acids is 1. The molecule has 1 aromatic heterocycles. The molecule has 2 aromatic rings. The number of methoxy groups -OCH3 is 1. The number of rotatable bonds is 2. The van der Waals surface area contributed by atoms with Gasteiger partial charge < -0.3 is 9.84 Å². The Labute approximate surface area is 105 Å². The average Bonchev–Trinajstić information content (AvgIpc) is 2.59. The van der Waals surface area contributed by atoms with Crippen molar-refractivity contribution in [1.29, 1.82) is 0 Å². The summed E-state index contributed by atoms with van der Waals surface area (Å²) in [6.07, 6.45) is 0. The fraction of sp³-hybridized carbons (Fsp3) is 0.100. The second kappa shape index (κ2) is 4.13. The Morgan fingerprint density at radius 3 is 2.69 bits per heavy atom. The zero-order valence-corrected chi connectivity index (χ0v) is 10.4. The molecule has 0 bridgehead atoms. The van der Waals surface area contributed by atoms with Crippen LogP contribution in [0.1, 0.15) is 9.67 Å². The Morgan fingerprint density at radius 1 is 1.44 bits per heavy atom. The van der Waals surface area contributed by atoms with Crippen molar-refractivity contribution < 1.29 is 14.6 Å². The summed E-state index contributed by atoms with van der Waals surface area (Å²) in [6, 6.07) is 3.32. The number of hydrogen-bond acceptors (Lipinski definition) is 3. The molecular formula is C10H6Cl2O3S. The van der Waals surface area contributed by atoms with E-state index in [4.69, 9.17) is 33.0 Å². The first-order chi connectivity index (χ1) is 7.56. The van der Waals surface area contributed by atoms with Gasteiger partial charge in [-0.2, -0.15) is 0 Å². The minimum Gasteiger partial charge on any atom is -0.496 e. The van der Waals surface area contributed by atoms with Crippen LogP contribution >= 0.6 is 34.5 Å². The van der Waals surface area contributed by atoms with E-state index < -0.39 is 5.97 Å². The smallest absolute Gasteiger partial charge is 0.347 e. The maximum Gasteiger partial charge on any atom is 0.347 e. The quantitative estimate of drug-likeness (QED) is 0.905. The maximum absolute atomic E-state index is 10.9. The molecule has 0 saturated carbocycles. The molecule has 0 unspecified atom stereocenters. The average molecular weight is 277 g/mol. The van der Waals surface area contributed by atoms with E-state index in [1.165, 1.54) is 7.11 Å². The van der Waals surface area contributed by atoms with Crippen LogP contribution in [0.2, 0.25) is 10.0 Å². The van der Waals surface area contributed by atoms with Crippen LogP contribution in [0.25, 0.3) is 10.1 Å². The lowest BCUT2D eigenvalue weighted by Crippen LogP contribution is -1.91. The molecule has 0 atom stereocenters. The first-order valence-corrected chi connectivity index (χ1v) is 5.81. The van der Waals surface area contributed by atoms with E-state index in [0.717, 1.165) is 11.3 Å². The van der Waals surface area contributed by atoms with Gasteiger partial charge in [0.25, 0.3) is 0 Å². The third kappa shape index (κ3) is 1.63. The molecule has 0 saturated heterocycles. The number of carbonyl (C=O) groups is 1. The highest BCUT2D eigenvalue weighted by Gasteiger charge is 2.20. The van der Waals surface area contributed by atoms with Crippen LogP contribution in [0.5, 0.6) is 5.75 Å². The fourth-order valence-corrected chi connectivity index (χ4v) is 3.08. The van der Waals surface area contributed by atoms with Crippen molar-refractivity contribution in [2.45, 2.75) is 0 Å². The highest BCUT2D eigenvalue weighted by Crippen LogP contribution is 2.43. The molecule has 1 aromatic carbocycles. The van der Waals surface area contributed by atoms with Crippen molar-refractivity contribution in [2.75, 3.05) is 7.11 Å². The Morgan fingerprint density at radius 2 is 2.12 bits per heavy atom. The predicted molar refractivity (Wildman–Crippen MR) is 65.4 cm³/mol. The van der Waals surface area contributed by atoms with E-state index in [2.05, 4.69) is 0 Å². The molecule has 16 heavy (non-hydrogen) atoms. The molecule has 0 radical (unpaired) electrons. The van der Waals surface area contributed by atoms with Crippen LogP contribution in [-0.4, -0.2) is 18.2 Å². The summed E-state index contributed by atoms with van der Waals surface area (Å²) in [4.78, 5) is 11.0. The third-order valence-electron chi connectivity index (χ3n) is 2.11. The molecule has 0 aliphatic carbocycles. The van der Waals surface area contributed by atoms with Gasteiger partial charge in [0.05, 0.1) is 27.2 Å². The minimum atomic E-state index is -1.07. The maximum atomic E-state index is 10.9. The monoisotopic (exact) mass is 276 g/mol. The zero-order valence-electron chi connectivity index (χ0n) is 8.08. The van der Waals surface area contributed by atoms with Gasteiger partial charge in [-0.05, 0) is 12.1 Å². The molecule has 84 valence electrons. The van der Waals surface area contributed by atoms with E-state index in [1.54, 1.807) is 12.1 Å². The molecule has 3 nitrogen and oxygen atoms in total. The summed E-state index contributed by atoms with van der Waals surface area (Å²) in [5.74, 6) is -0.544. The standard InChI is InChI=1S/C10H6Cl2O3S/c1-15-5-3-2-4(11)8-6(5)7(12)9(16-8)10(13)14/h2-3H,1H3,(H,13,14). The third-order valence-corrected chi connectivity index (χ3v) is 4.24. The topological polar surface area (TPSA) is 46.5 Å². The van der Waals surface area contributed by atoms with Gasteiger partial charge >= 0.3 is 5.97 Å². The molecular weight excluding hydrogens is 271 g/mol. The van der Waals surface area contributed by atoms with Crippen LogP contribution < -0.4 is 4.74 Å². The predicted octanol–water partition coefficient (Wildman–Crippen LogP) is 3.91. The summed E-state index contributed by atoms with van der Waals surface area (Å²) in [7, 11) is 1.50. The molecule has 0 spiro atoms. The lowest BCUT2D eigenvalue weighted by molar-refractivity contribution is 0.0702. The second-order valence-electron chi connectivity index (χ2n) is 3.00. The van der Waals surface area contributed by atoms with Crippen molar-refractivity contribution in [3.05, 3.63) is 27.1 Å². The normalized spacial score (nSPS) is 10.7. The number of ether oxygens (including phenoxy) is 1. The number of carboxylic acid groups (broad SMARTS) is 1. The molecule has 1 heterocycles. The lowest BCUT2D eigenvalue weighted by Gasteiger charge is -2.02. The number of hydrogen-bond donors (Lipinski definition) is 1. The van der Waals surface area contributed by atoms with Gasteiger partial charge in [-0.1, -0.05) is 23.2 Å². The van der Waals surface area contributed by atoms with E-state index in [9.17, 15) is 4.79 Å². The summed E-state index contributed by atoms with van der Waals surface area (Å²) < 4.78 is 5.76. The van der Waals surface area contributed by atoms with Gasteiger partial charge in [-0.15, -0.1) is 11.3 Å². The van der Waals surface area contributed by atoms with Gasteiger partial charge in [-0.25, -0.2) is 4.79 Å². The Balaban J connectivity index is 2.89. The molecule has 1 N–H and O–H groups in total. The van der Waals surface area contributed by atoms with E-state index in [0.29, 0.717) is 20.9 Å². The highest BCUT2D eigenvalue weighted by molar-refractivity contribution is 7.22. The number of benzene rings is 1. The number of halogens is 2. The Kier molecular flexibility index (Phi) is 2.97. The first-order valence-electron chi connectivity index (χ1n) is 4.24. The molecule has 0 fully saturated rings. The summed E-state index contributed by atoms with van der Waals surface area (Å²) >= 11 is 13.0. The summed E-state index contributed by atoms with van der Waals surface area (Å²) in [5, 5.41) is 10.2. The summed E-state index contributed by atoms with van der Waals surface area (Å²) in [6.45, 7) is 0. The number of fused-ring (bicyclic) bond motifs is 1. The van der Waals surface area contributed by atoms with Gasteiger partial charge in [-0.3, -0.25) is 0 Å². The molecule has 0 aliphatic rings. The van der Waals surface area contributed by atoms with Gasteiger partial charge in [0, 0.05) is 0 Å². The van der Waals surface area contributed by atoms with Gasteiger partial charge in [0.1, 0.15) is 10.6 Å². The SMILES string of the molecule is COc1ccc(Cl)c2sc(C(=O)O)c(Cl)c12. The molecule has 2 rings (SSSR count). The largest absolute Gasteiger partial charge is 0.496 e. The van der Waals surface area contributed by atoms with E-state index in [1.807, 2.05) is 0 Å². The van der Waals surface area contributed by atoms with Crippen molar-refractivity contribution in [2.24, 2.45) is 0 Å². The second-order valence-corrected chi connectivity index (χ2v) is 4.81. The Hall–Kier alpha value is -0.970. The molecule has 0 aliphatic heterocycles. The van der Waals surface area contributed by atoms with Crippen molar-refractivity contribution >= 4 is 50.6 Å². The van der Waals surface area contributed by atoms with Crippen LogP contribution in [0.4, 0.5) is 0 Å². The summed E-state index contributed by atoms with van der Waals surface area (Å²) in [5.41, 5.74) is 0. The van der Waals surface area contributed by atoms with Gasteiger partial charge in [0.2, 0.25) is 0 Å². The Bertz CT molecular complexity index is 577. The van der Waals surface area contributed by atoms with Crippen LogP contribution in [0.3, 0.4) is 0 Å². The van der Waals surface area contributed by atoms with Crippen molar-refractivity contribution in [3.8, 4) is 5.75 Å². The van der Waals surface area contributed by atoms with Crippen molar-refractivity contribution in [3.63, 3.8) is 0 Å². The zero-order chi connectivity index (χ0) is 11.9. The van der Waals surface area contributed by atoms with Crippen LogP contribution in [0.15, 0.2) is 12.1 Å².